The van der Waals surface area contributed by atoms with Crippen LogP contribution < -0.4 is 0 Å². The molecule has 0 amide bonds. The van der Waals surface area contributed by atoms with E-state index >= 15 is 0 Å². The van der Waals surface area contributed by atoms with Crippen LogP contribution in [0.5, 0.6) is 0 Å². The summed E-state index contributed by atoms with van der Waals surface area (Å²) in [5.74, 6) is 3.37. The van der Waals surface area contributed by atoms with Gasteiger partial charge in [-0.1, -0.05) is 30.3 Å². The van der Waals surface area contributed by atoms with Crippen molar-refractivity contribution >= 4 is 0 Å². The average Bonchev–Trinajstić information content (AvgIpc) is 3.19. The highest BCUT2D eigenvalue weighted by molar-refractivity contribution is 5.15. The molecule has 0 fully saturated rings. The molecule has 0 bridgehead atoms. The molecule has 6 nitrogen and oxygen atoms in total. The molecule has 4 rings (SSSR count). The van der Waals surface area contributed by atoms with Crippen molar-refractivity contribution in [3.63, 3.8) is 0 Å². The number of rotatable bonds is 4. The van der Waals surface area contributed by atoms with Crippen LogP contribution in [0.25, 0.3) is 0 Å². The van der Waals surface area contributed by atoms with E-state index in [9.17, 15) is 0 Å². The first-order valence-electron chi connectivity index (χ1n) is 8.11. The minimum absolute atomic E-state index is 0.362. The first-order valence-corrected chi connectivity index (χ1v) is 8.11. The summed E-state index contributed by atoms with van der Waals surface area (Å²) in [5.41, 5.74) is 1.33. The molecule has 1 unspecified atom stereocenters. The van der Waals surface area contributed by atoms with E-state index in [1.165, 1.54) is 5.56 Å². The number of hydrogen-bond donors (Lipinski definition) is 0. The first-order chi connectivity index (χ1) is 11.3. The van der Waals surface area contributed by atoms with Crippen molar-refractivity contribution in [1.29, 1.82) is 0 Å². The molecular formula is C17H20N6. The molecule has 2 aromatic heterocycles. The quantitative estimate of drug-likeness (QED) is 0.741. The van der Waals surface area contributed by atoms with Crippen molar-refractivity contribution < 1.29 is 0 Å². The molecule has 3 aromatic rings. The fraction of sp³-hybridized carbons (Fsp3) is 0.412. The van der Waals surface area contributed by atoms with Crippen molar-refractivity contribution in [2.45, 2.75) is 45.2 Å². The maximum atomic E-state index is 4.69. The lowest BCUT2D eigenvalue weighted by Crippen LogP contribution is -2.23. The van der Waals surface area contributed by atoms with Crippen LogP contribution in [0, 0.1) is 6.92 Å². The average molecular weight is 308 g/mol. The highest BCUT2D eigenvalue weighted by atomic mass is 15.4. The summed E-state index contributed by atoms with van der Waals surface area (Å²) in [6.07, 6.45) is 4.62. The lowest BCUT2D eigenvalue weighted by molar-refractivity contribution is 0.391. The second-order valence-electron chi connectivity index (χ2n) is 6.07. The van der Waals surface area contributed by atoms with Gasteiger partial charge in [0.25, 0.3) is 0 Å². The number of aromatic nitrogens is 6. The first kappa shape index (κ1) is 14.1. The summed E-state index contributed by atoms with van der Waals surface area (Å²) in [6, 6.07) is 10.5. The Morgan fingerprint density at radius 2 is 2.09 bits per heavy atom. The van der Waals surface area contributed by atoms with Gasteiger partial charge in [-0.3, -0.25) is 0 Å². The minimum Gasteiger partial charge on any atom is -0.249 e. The highest BCUT2D eigenvalue weighted by Gasteiger charge is 2.25. The monoisotopic (exact) mass is 308 g/mol. The van der Waals surface area contributed by atoms with E-state index in [0.29, 0.717) is 5.92 Å². The fourth-order valence-corrected chi connectivity index (χ4v) is 3.27. The Labute approximate surface area is 135 Å². The zero-order valence-corrected chi connectivity index (χ0v) is 13.3. The summed E-state index contributed by atoms with van der Waals surface area (Å²) >= 11 is 0. The van der Waals surface area contributed by atoms with E-state index in [2.05, 4.69) is 44.1 Å². The van der Waals surface area contributed by atoms with E-state index in [1.807, 2.05) is 17.7 Å². The Hall–Kier alpha value is -2.50. The number of hydrogen-bond acceptors (Lipinski definition) is 4. The molecule has 0 N–H and O–H groups in total. The Morgan fingerprint density at radius 1 is 1.22 bits per heavy atom. The molecule has 0 spiro atoms. The van der Waals surface area contributed by atoms with Gasteiger partial charge in [0, 0.05) is 18.9 Å². The maximum absolute atomic E-state index is 4.69. The summed E-state index contributed by atoms with van der Waals surface area (Å²) < 4.78 is 4.08. The Balaban J connectivity index is 1.53. The van der Waals surface area contributed by atoms with Crippen LogP contribution in [-0.2, 0) is 25.9 Å². The Kier molecular flexibility index (Phi) is 3.65. The normalized spacial score (nSPS) is 17.2. The molecule has 0 saturated carbocycles. The lowest BCUT2D eigenvalue weighted by atomic mass is 9.99. The standard InChI is InChI=1S/C17H20N6/c1-13-20-17(15-7-8-16-18-12-19-23(16)11-15)22(21-13)10-9-14-5-3-2-4-6-14/h2-6,12,15H,7-11H2,1H3. The molecule has 1 aromatic carbocycles. The van der Waals surface area contributed by atoms with Gasteiger partial charge in [-0.2, -0.15) is 10.2 Å². The van der Waals surface area contributed by atoms with Gasteiger partial charge in [-0.25, -0.2) is 19.3 Å². The summed E-state index contributed by atoms with van der Waals surface area (Å²) in [7, 11) is 0. The van der Waals surface area contributed by atoms with E-state index in [1.54, 1.807) is 6.33 Å². The van der Waals surface area contributed by atoms with Crippen molar-refractivity contribution in [3.05, 3.63) is 59.7 Å². The Bertz CT molecular complexity index is 789. The topological polar surface area (TPSA) is 61.4 Å². The number of aryl methyl sites for hydroxylation is 4. The van der Waals surface area contributed by atoms with Crippen LogP contribution in [0.3, 0.4) is 0 Å². The summed E-state index contributed by atoms with van der Waals surface area (Å²) in [4.78, 5) is 8.99. The fourth-order valence-electron chi connectivity index (χ4n) is 3.27. The van der Waals surface area contributed by atoms with E-state index < -0.39 is 0 Å². The smallest absolute Gasteiger partial charge is 0.147 e. The SMILES string of the molecule is Cc1nc(C2CCc3ncnn3C2)n(CCc2ccccc2)n1. The van der Waals surface area contributed by atoms with Gasteiger partial charge < -0.3 is 0 Å². The van der Waals surface area contributed by atoms with Gasteiger partial charge in [0.15, 0.2) is 0 Å². The van der Waals surface area contributed by atoms with Crippen molar-refractivity contribution in [1.82, 2.24) is 29.5 Å². The molecule has 118 valence electrons. The van der Waals surface area contributed by atoms with Gasteiger partial charge in [0.2, 0.25) is 0 Å². The largest absolute Gasteiger partial charge is 0.249 e. The predicted octanol–water partition coefficient (Wildman–Crippen LogP) is 2.15. The number of benzene rings is 1. The third-order valence-corrected chi connectivity index (χ3v) is 4.43. The maximum Gasteiger partial charge on any atom is 0.147 e. The third-order valence-electron chi connectivity index (χ3n) is 4.43. The predicted molar refractivity (Wildman–Crippen MR) is 86.0 cm³/mol. The molecule has 1 aliphatic heterocycles. The second-order valence-corrected chi connectivity index (χ2v) is 6.07. The zero-order chi connectivity index (χ0) is 15.6. The van der Waals surface area contributed by atoms with Crippen LogP contribution in [-0.4, -0.2) is 29.5 Å². The minimum atomic E-state index is 0.362. The highest BCUT2D eigenvalue weighted by Crippen LogP contribution is 2.26. The van der Waals surface area contributed by atoms with Crippen molar-refractivity contribution in [3.8, 4) is 0 Å². The molecular weight excluding hydrogens is 288 g/mol. The van der Waals surface area contributed by atoms with Crippen molar-refractivity contribution in [2.75, 3.05) is 0 Å². The van der Waals surface area contributed by atoms with E-state index in [0.717, 1.165) is 49.8 Å². The summed E-state index contributed by atoms with van der Waals surface area (Å²) in [5, 5.41) is 8.92. The molecule has 0 saturated heterocycles. The molecule has 6 heteroatoms. The second kappa shape index (κ2) is 5.95. The molecule has 1 aliphatic rings. The number of nitrogens with zero attached hydrogens (tertiary/aromatic N) is 6. The van der Waals surface area contributed by atoms with Gasteiger partial charge >= 0.3 is 0 Å². The van der Waals surface area contributed by atoms with Crippen LogP contribution in [0.2, 0.25) is 0 Å². The van der Waals surface area contributed by atoms with Crippen LogP contribution >= 0.6 is 0 Å². The van der Waals surface area contributed by atoms with E-state index in [4.69, 9.17) is 4.98 Å². The molecule has 23 heavy (non-hydrogen) atoms. The van der Waals surface area contributed by atoms with Gasteiger partial charge in [-0.15, -0.1) is 0 Å². The lowest BCUT2D eigenvalue weighted by Gasteiger charge is -2.22. The molecule has 3 heterocycles. The van der Waals surface area contributed by atoms with E-state index in [-0.39, 0.29) is 0 Å². The van der Waals surface area contributed by atoms with Gasteiger partial charge in [0.1, 0.15) is 23.8 Å². The number of fused-ring (bicyclic) bond motifs is 1. The molecule has 0 aliphatic carbocycles. The molecule has 0 radical (unpaired) electrons. The molecule has 1 atom stereocenters. The third kappa shape index (κ3) is 2.88. The van der Waals surface area contributed by atoms with Gasteiger partial charge in [-0.05, 0) is 25.3 Å². The summed E-state index contributed by atoms with van der Waals surface area (Å²) in [6.45, 7) is 3.67. The zero-order valence-electron chi connectivity index (χ0n) is 13.3. The van der Waals surface area contributed by atoms with Crippen LogP contribution in [0.1, 0.15) is 35.4 Å². The van der Waals surface area contributed by atoms with Crippen LogP contribution in [0.4, 0.5) is 0 Å². The van der Waals surface area contributed by atoms with Crippen LogP contribution in [0.15, 0.2) is 36.7 Å². The van der Waals surface area contributed by atoms with Crippen molar-refractivity contribution in [2.24, 2.45) is 0 Å². The van der Waals surface area contributed by atoms with Gasteiger partial charge in [0.05, 0.1) is 6.54 Å². The Morgan fingerprint density at radius 3 is 2.96 bits per heavy atom.